The molecule has 0 bridgehead atoms. The lowest BCUT2D eigenvalue weighted by Gasteiger charge is -2.24. The maximum atomic E-state index is 4.66. The van der Waals surface area contributed by atoms with Crippen molar-refractivity contribution in [1.82, 2.24) is 4.98 Å². The van der Waals surface area contributed by atoms with E-state index in [1.807, 2.05) is 12.3 Å². The largest absolute Gasteiger partial charge is 0.256 e. The van der Waals surface area contributed by atoms with Crippen molar-refractivity contribution in [2.45, 2.75) is 77.0 Å². The van der Waals surface area contributed by atoms with Crippen LogP contribution in [0.2, 0.25) is 0 Å². The van der Waals surface area contributed by atoms with Gasteiger partial charge in [0, 0.05) is 33.4 Å². The molecule has 4 aliphatic carbocycles. The summed E-state index contributed by atoms with van der Waals surface area (Å²) in [6.07, 6.45) is 1.88. The van der Waals surface area contributed by atoms with Crippen LogP contribution in [0.5, 0.6) is 0 Å². The molecule has 9 aromatic carbocycles. The van der Waals surface area contributed by atoms with Gasteiger partial charge < -0.3 is 0 Å². The standard InChI is InChI=1S/C71H57N/c1-68(2)58-19-13-12-18-56(58)67-57(34-49(41-65(67)68)42-16-10-9-11-17-42)47-25-31-54-52-29-23-45(37-61(52)70(5,6)63(54)39-47)43-21-27-50-51-28-22-44(36-60(51)69(3,4)59(50)35-43)46-24-30-53-55-32-26-48(66-20-14-15-33-72-66)40-64(55)71(7,8)62(53)38-46/h9-41H,1-8H3. The Kier molecular flexibility index (Phi) is 8.86. The highest BCUT2D eigenvalue weighted by molar-refractivity contribution is 5.97. The smallest absolute Gasteiger partial charge is 0.0702 e. The SMILES string of the molecule is CC1(C)c2cc(-c3ccc4c(c3)C(C)(C)c3cc(-c5ccccn5)ccc3-4)ccc2-c2ccc(-c3ccc4c(c3)C(C)(C)c3cc(-c5cc(-c6ccccc6)cc6c5-c5ccccc5C6(C)C)ccc3-4)cc21. The van der Waals surface area contributed by atoms with Crippen LogP contribution in [0.4, 0.5) is 0 Å². The molecule has 1 aromatic heterocycles. The van der Waals surface area contributed by atoms with Crippen LogP contribution in [0.25, 0.3) is 100 Å². The molecule has 1 heteroatoms. The molecule has 0 saturated heterocycles. The van der Waals surface area contributed by atoms with Crippen LogP contribution in [0.3, 0.4) is 0 Å². The zero-order valence-corrected chi connectivity index (χ0v) is 42.5. The molecule has 0 aliphatic heterocycles. The Labute approximate surface area is 425 Å². The Balaban J connectivity index is 0.788. The van der Waals surface area contributed by atoms with E-state index in [0.717, 1.165) is 5.69 Å². The molecule has 0 radical (unpaired) electrons. The third-order valence-electron chi connectivity index (χ3n) is 17.8. The van der Waals surface area contributed by atoms with Gasteiger partial charge in [-0.3, -0.25) is 4.98 Å². The molecule has 0 amide bonds. The van der Waals surface area contributed by atoms with E-state index in [2.05, 4.69) is 248 Å². The molecule has 346 valence electrons. The summed E-state index contributed by atoms with van der Waals surface area (Å²) >= 11 is 0. The molecule has 14 rings (SSSR count). The van der Waals surface area contributed by atoms with Gasteiger partial charge >= 0.3 is 0 Å². The number of nitrogens with zero attached hydrogens (tertiary/aromatic N) is 1. The molecule has 1 nitrogen and oxygen atoms in total. The van der Waals surface area contributed by atoms with Crippen LogP contribution in [0.1, 0.15) is 99.9 Å². The van der Waals surface area contributed by atoms with Gasteiger partial charge in [0.2, 0.25) is 0 Å². The molecule has 0 unspecified atom stereocenters. The predicted octanol–water partition coefficient (Wildman–Crippen LogP) is 18.6. The minimum atomic E-state index is -0.186. The van der Waals surface area contributed by atoms with Gasteiger partial charge in [0.25, 0.3) is 0 Å². The monoisotopic (exact) mass is 923 g/mol. The van der Waals surface area contributed by atoms with E-state index in [1.165, 1.54) is 139 Å². The predicted molar refractivity (Wildman–Crippen MR) is 302 cm³/mol. The van der Waals surface area contributed by atoms with Crippen molar-refractivity contribution in [3.63, 3.8) is 0 Å². The third kappa shape index (κ3) is 5.97. The highest BCUT2D eigenvalue weighted by Crippen LogP contribution is 2.57. The molecule has 0 saturated carbocycles. The minimum absolute atomic E-state index is 0.103. The van der Waals surface area contributed by atoms with Crippen molar-refractivity contribution in [3.05, 3.63) is 245 Å². The summed E-state index contributed by atoms with van der Waals surface area (Å²) in [6.45, 7) is 19.2. The van der Waals surface area contributed by atoms with Gasteiger partial charge in [0.05, 0.1) is 5.69 Å². The summed E-state index contributed by atoms with van der Waals surface area (Å²) < 4.78 is 0. The second-order valence-electron chi connectivity index (χ2n) is 23.1. The summed E-state index contributed by atoms with van der Waals surface area (Å²) in [7, 11) is 0. The van der Waals surface area contributed by atoms with E-state index in [1.54, 1.807) is 0 Å². The summed E-state index contributed by atoms with van der Waals surface area (Å²) in [6, 6.07) is 73.9. The maximum absolute atomic E-state index is 4.66. The average molecular weight is 924 g/mol. The number of benzene rings is 9. The van der Waals surface area contributed by atoms with E-state index in [4.69, 9.17) is 0 Å². The fraction of sp³-hybridized carbons (Fsp3) is 0.169. The van der Waals surface area contributed by atoms with Gasteiger partial charge in [-0.25, -0.2) is 0 Å². The van der Waals surface area contributed by atoms with Crippen LogP contribution in [-0.2, 0) is 21.7 Å². The second kappa shape index (κ2) is 14.8. The lowest BCUT2D eigenvalue weighted by molar-refractivity contribution is 0.659. The number of rotatable bonds is 5. The summed E-state index contributed by atoms with van der Waals surface area (Å²) in [5.41, 5.74) is 33.7. The molecule has 0 atom stereocenters. The zero-order valence-electron chi connectivity index (χ0n) is 42.5. The zero-order chi connectivity index (χ0) is 49.1. The fourth-order valence-electron chi connectivity index (χ4n) is 13.6. The van der Waals surface area contributed by atoms with Crippen LogP contribution in [0, 0.1) is 0 Å². The fourth-order valence-corrected chi connectivity index (χ4v) is 13.6. The molecule has 4 aliphatic rings. The molecular formula is C71H57N. The minimum Gasteiger partial charge on any atom is -0.256 e. The number of hydrogen-bond donors (Lipinski definition) is 0. The first-order valence-electron chi connectivity index (χ1n) is 25.8. The summed E-state index contributed by atoms with van der Waals surface area (Å²) in [4.78, 5) is 4.66. The first kappa shape index (κ1) is 43.0. The maximum Gasteiger partial charge on any atom is 0.0702 e. The van der Waals surface area contributed by atoms with Gasteiger partial charge in [-0.2, -0.15) is 0 Å². The quantitative estimate of drug-likeness (QED) is 0.168. The first-order valence-corrected chi connectivity index (χ1v) is 25.8. The lowest BCUT2D eigenvalue weighted by atomic mass is 9.79. The van der Waals surface area contributed by atoms with E-state index < -0.39 is 0 Å². The highest BCUT2D eigenvalue weighted by Gasteiger charge is 2.41. The van der Waals surface area contributed by atoms with Gasteiger partial charge in [-0.15, -0.1) is 0 Å². The van der Waals surface area contributed by atoms with Crippen molar-refractivity contribution in [1.29, 1.82) is 0 Å². The van der Waals surface area contributed by atoms with Crippen LogP contribution in [-0.4, -0.2) is 4.98 Å². The third-order valence-corrected chi connectivity index (χ3v) is 17.8. The lowest BCUT2D eigenvalue weighted by Crippen LogP contribution is -2.16. The van der Waals surface area contributed by atoms with E-state index in [0.29, 0.717) is 0 Å². The topological polar surface area (TPSA) is 12.9 Å². The van der Waals surface area contributed by atoms with Crippen molar-refractivity contribution in [2.75, 3.05) is 0 Å². The van der Waals surface area contributed by atoms with Gasteiger partial charge in [-0.05, 0) is 194 Å². The molecule has 1 heterocycles. The molecule has 0 N–H and O–H groups in total. The molecule has 0 spiro atoms. The molecule has 0 fully saturated rings. The van der Waals surface area contributed by atoms with E-state index >= 15 is 0 Å². The number of pyridine rings is 1. The van der Waals surface area contributed by atoms with Crippen molar-refractivity contribution >= 4 is 0 Å². The number of hydrogen-bond acceptors (Lipinski definition) is 1. The van der Waals surface area contributed by atoms with Crippen LogP contribution < -0.4 is 0 Å². The Morgan fingerprint density at radius 2 is 0.611 bits per heavy atom. The normalized spacial score (nSPS) is 15.9. The molecule has 72 heavy (non-hydrogen) atoms. The van der Waals surface area contributed by atoms with E-state index in [9.17, 15) is 0 Å². The van der Waals surface area contributed by atoms with Crippen molar-refractivity contribution in [3.8, 4) is 100 Å². The Hall–Kier alpha value is -7.87. The van der Waals surface area contributed by atoms with Crippen molar-refractivity contribution in [2.24, 2.45) is 0 Å². The average Bonchev–Trinajstić information content (AvgIpc) is 3.97. The van der Waals surface area contributed by atoms with Crippen LogP contribution >= 0.6 is 0 Å². The Morgan fingerprint density at radius 1 is 0.236 bits per heavy atom. The Morgan fingerprint density at radius 3 is 1.08 bits per heavy atom. The molecule has 10 aromatic rings. The van der Waals surface area contributed by atoms with Crippen LogP contribution in [0.15, 0.2) is 200 Å². The highest BCUT2D eigenvalue weighted by atomic mass is 14.7. The van der Waals surface area contributed by atoms with Gasteiger partial charge in [-0.1, -0.05) is 189 Å². The summed E-state index contributed by atoms with van der Waals surface area (Å²) in [5.74, 6) is 0. The summed E-state index contributed by atoms with van der Waals surface area (Å²) in [5, 5.41) is 0. The van der Waals surface area contributed by atoms with Crippen molar-refractivity contribution < 1.29 is 0 Å². The van der Waals surface area contributed by atoms with Gasteiger partial charge in [0.15, 0.2) is 0 Å². The number of aromatic nitrogens is 1. The number of fused-ring (bicyclic) bond motifs is 12. The van der Waals surface area contributed by atoms with E-state index in [-0.39, 0.29) is 21.7 Å². The van der Waals surface area contributed by atoms with Gasteiger partial charge in [0.1, 0.15) is 0 Å². The Bertz CT molecular complexity index is 3950. The molecular weight excluding hydrogens is 867 g/mol. The second-order valence-corrected chi connectivity index (χ2v) is 23.1. The first-order chi connectivity index (χ1) is 34.7.